The van der Waals surface area contributed by atoms with E-state index >= 15 is 0 Å². The van der Waals surface area contributed by atoms with Crippen molar-refractivity contribution >= 4 is 41.0 Å². The van der Waals surface area contributed by atoms with Gasteiger partial charge in [0.15, 0.2) is 11.5 Å². The number of piperidine rings is 1. The second-order valence-corrected chi connectivity index (χ2v) is 11.6. The van der Waals surface area contributed by atoms with Crippen molar-refractivity contribution in [2.75, 3.05) is 43.6 Å². The number of halogens is 1. The Morgan fingerprint density at radius 1 is 1.31 bits per heavy atom. The summed E-state index contributed by atoms with van der Waals surface area (Å²) in [7, 11) is 1.35. The van der Waals surface area contributed by atoms with Crippen LogP contribution in [0.4, 0.5) is 11.6 Å². The number of pyridine rings is 1. The average Bonchev–Trinajstić information content (AvgIpc) is 3.57. The molecule has 1 spiro atoms. The van der Waals surface area contributed by atoms with E-state index in [0.29, 0.717) is 34.1 Å². The van der Waals surface area contributed by atoms with Crippen molar-refractivity contribution in [1.82, 2.24) is 15.0 Å². The number of carbonyl (C=O) groups excluding carboxylic acids is 1. The van der Waals surface area contributed by atoms with Gasteiger partial charge in [-0.05, 0) is 44.6 Å². The van der Waals surface area contributed by atoms with Gasteiger partial charge in [0.25, 0.3) is 0 Å². The third-order valence-electron chi connectivity index (χ3n) is 7.95. The molecule has 2 aromatic heterocycles. The van der Waals surface area contributed by atoms with E-state index in [1.807, 2.05) is 0 Å². The van der Waals surface area contributed by atoms with E-state index in [2.05, 4.69) is 39.0 Å². The van der Waals surface area contributed by atoms with Crippen molar-refractivity contribution in [2.45, 2.75) is 61.2 Å². The van der Waals surface area contributed by atoms with Gasteiger partial charge in [-0.25, -0.2) is 19.7 Å². The third-order valence-corrected chi connectivity index (χ3v) is 9.41. The number of anilines is 2. The van der Waals surface area contributed by atoms with Crippen molar-refractivity contribution in [3.05, 3.63) is 29.2 Å². The lowest BCUT2D eigenvalue weighted by Gasteiger charge is -2.42. The second-order valence-electron chi connectivity index (χ2n) is 10.2. The van der Waals surface area contributed by atoms with Gasteiger partial charge in [-0.2, -0.15) is 0 Å². The number of nitrogens with one attached hydrogen (secondary N) is 1. The highest BCUT2D eigenvalue weighted by Crippen LogP contribution is 2.47. The van der Waals surface area contributed by atoms with Crippen molar-refractivity contribution in [3.63, 3.8) is 0 Å². The minimum Gasteiger partial charge on any atom is -0.464 e. The highest BCUT2D eigenvalue weighted by atomic mass is 35.5. The molecular weight excluding hydrogens is 502 g/mol. The topological polar surface area (TPSA) is 110 Å². The van der Waals surface area contributed by atoms with Crippen LogP contribution in [0.25, 0.3) is 0 Å². The Kier molecular flexibility index (Phi) is 7.06. The van der Waals surface area contributed by atoms with Crippen LogP contribution in [0.2, 0.25) is 5.02 Å². The van der Waals surface area contributed by atoms with Crippen LogP contribution in [0.3, 0.4) is 0 Å². The largest absolute Gasteiger partial charge is 0.464 e. The van der Waals surface area contributed by atoms with E-state index in [1.54, 1.807) is 18.5 Å². The molecule has 11 heteroatoms. The van der Waals surface area contributed by atoms with Gasteiger partial charge in [0.1, 0.15) is 10.8 Å². The molecule has 2 saturated heterocycles. The van der Waals surface area contributed by atoms with E-state index in [0.717, 1.165) is 50.3 Å². The summed E-state index contributed by atoms with van der Waals surface area (Å²) in [6.45, 7) is 7.17. The normalized spacial score (nSPS) is 24.1. The van der Waals surface area contributed by atoms with Gasteiger partial charge in [0.05, 0.1) is 36.6 Å². The molecule has 2 aromatic rings. The molecular formula is C25H32ClN5O4S. The molecule has 2 atom stereocenters. The lowest BCUT2D eigenvalue weighted by molar-refractivity contribution is 0.0592. The number of nitrogens with zero attached hydrogens (tertiary/aromatic N) is 4. The van der Waals surface area contributed by atoms with Crippen LogP contribution in [0.1, 0.15) is 50.0 Å². The first-order valence-corrected chi connectivity index (χ1v) is 13.5. The quantitative estimate of drug-likeness (QED) is 0.506. The monoisotopic (exact) mass is 533 g/mol. The summed E-state index contributed by atoms with van der Waals surface area (Å²) in [5, 5.41) is 14.2. The highest BCUT2D eigenvalue weighted by molar-refractivity contribution is 7.99. The predicted molar refractivity (Wildman–Crippen MR) is 138 cm³/mol. The summed E-state index contributed by atoms with van der Waals surface area (Å²) < 4.78 is 11.0. The van der Waals surface area contributed by atoms with Crippen molar-refractivity contribution in [1.29, 1.82) is 0 Å². The van der Waals surface area contributed by atoms with Gasteiger partial charge in [0.2, 0.25) is 0 Å². The molecule has 0 aromatic carbocycles. The number of esters is 1. The van der Waals surface area contributed by atoms with Crippen LogP contribution >= 0.6 is 23.4 Å². The molecule has 194 valence electrons. The van der Waals surface area contributed by atoms with Crippen LogP contribution in [-0.2, 0) is 9.47 Å². The van der Waals surface area contributed by atoms with Crippen LogP contribution in [0.5, 0.6) is 0 Å². The molecule has 0 bridgehead atoms. The van der Waals surface area contributed by atoms with Gasteiger partial charge in [-0.3, -0.25) is 0 Å². The standard InChI is InChI=1S/C25H32ClN5O4S/c1-15-16(2)35-14-24(15)7-10-31(11-8-24)22-20(23(32)34-3)30-18(12-28-22)36-17-4-9-27-21(19(17)26)29-13-25(33)5-6-25/h4,9,12,15-16,33H,5-8,10-11,13-14H2,1-3H3,(H,27,29)/t15-,16+/m1/s1. The van der Waals surface area contributed by atoms with Gasteiger partial charge in [0, 0.05) is 36.1 Å². The fraction of sp³-hybridized carbons (Fsp3) is 0.600. The molecule has 0 amide bonds. The first-order chi connectivity index (χ1) is 17.2. The van der Waals surface area contributed by atoms with Crippen LogP contribution in [-0.4, -0.2) is 71.1 Å². The molecule has 2 aliphatic heterocycles. The lowest BCUT2D eigenvalue weighted by atomic mass is 9.70. The summed E-state index contributed by atoms with van der Waals surface area (Å²) in [5.41, 5.74) is -0.286. The fourth-order valence-electron chi connectivity index (χ4n) is 5.03. The zero-order chi connectivity index (χ0) is 25.5. The third kappa shape index (κ3) is 5.01. The smallest absolute Gasteiger partial charge is 0.360 e. The molecule has 4 heterocycles. The van der Waals surface area contributed by atoms with E-state index in [4.69, 9.17) is 21.1 Å². The number of methoxy groups -OCH3 is 1. The van der Waals surface area contributed by atoms with Gasteiger partial charge >= 0.3 is 5.97 Å². The first kappa shape index (κ1) is 25.5. The zero-order valence-corrected chi connectivity index (χ0v) is 22.4. The minimum atomic E-state index is -0.667. The Labute approximate surface area is 220 Å². The zero-order valence-electron chi connectivity index (χ0n) is 20.8. The number of aliphatic hydroxyl groups is 1. The maximum absolute atomic E-state index is 12.7. The van der Waals surface area contributed by atoms with E-state index in [1.165, 1.54) is 18.9 Å². The summed E-state index contributed by atoms with van der Waals surface area (Å²) in [4.78, 5) is 29.1. The Morgan fingerprint density at radius 3 is 2.69 bits per heavy atom. The summed E-state index contributed by atoms with van der Waals surface area (Å²) >= 11 is 7.89. The molecule has 3 fully saturated rings. The number of hydrogen-bond donors (Lipinski definition) is 2. The molecule has 3 aliphatic rings. The SMILES string of the molecule is COC(=O)c1nc(Sc2ccnc(NCC3(O)CC3)c2Cl)cnc1N1CCC2(CC1)CO[C@@H](C)[C@H]2C. The van der Waals surface area contributed by atoms with Crippen LogP contribution in [0.15, 0.2) is 28.4 Å². The number of aromatic nitrogens is 3. The van der Waals surface area contributed by atoms with Crippen molar-refractivity contribution < 1.29 is 19.4 Å². The lowest BCUT2D eigenvalue weighted by Crippen LogP contribution is -2.44. The first-order valence-electron chi connectivity index (χ1n) is 12.3. The molecule has 1 aliphatic carbocycles. The fourth-order valence-corrected chi connectivity index (χ4v) is 6.10. The second kappa shape index (κ2) is 9.96. The molecule has 1 saturated carbocycles. The molecule has 36 heavy (non-hydrogen) atoms. The maximum atomic E-state index is 12.7. The minimum absolute atomic E-state index is 0.184. The molecule has 0 radical (unpaired) electrons. The average molecular weight is 534 g/mol. The number of carbonyl (C=O) groups is 1. The van der Waals surface area contributed by atoms with E-state index < -0.39 is 11.6 Å². The Morgan fingerprint density at radius 2 is 2.06 bits per heavy atom. The van der Waals surface area contributed by atoms with Crippen molar-refractivity contribution in [2.24, 2.45) is 11.3 Å². The van der Waals surface area contributed by atoms with Gasteiger partial charge in [-0.15, -0.1) is 0 Å². The summed E-state index contributed by atoms with van der Waals surface area (Å²) in [6.07, 6.45) is 7.09. The van der Waals surface area contributed by atoms with Crippen LogP contribution in [0, 0.1) is 11.3 Å². The molecule has 0 unspecified atom stereocenters. The van der Waals surface area contributed by atoms with Gasteiger partial charge in [-0.1, -0.05) is 30.3 Å². The van der Waals surface area contributed by atoms with Crippen LogP contribution < -0.4 is 10.2 Å². The highest BCUT2D eigenvalue weighted by Gasteiger charge is 2.47. The molecule has 9 nitrogen and oxygen atoms in total. The predicted octanol–water partition coefficient (Wildman–Crippen LogP) is 4.04. The number of ether oxygens (including phenoxy) is 2. The summed E-state index contributed by atoms with van der Waals surface area (Å²) in [5.74, 6) is 1.02. The Hall–Kier alpha value is -2.14. The number of hydrogen-bond acceptors (Lipinski definition) is 10. The molecule has 5 rings (SSSR count). The van der Waals surface area contributed by atoms with Crippen molar-refractivity contribution in [3.8, 4) is 0 Å². The van der Waals surface area contributed by atoms with E-state index in [9.17, 15) is 9.90 Å². The van der Waals surface area contributed by atoms with E-state index in [-0.39, 0.29) is 17.2 Å². The Bertz CT molecular complexity index is 1140. The summed E-state index contributed by atoms with van der Waals surface area (Å²) in [6, 6.07) is 1.79. The molecule has 2 N–H and O–H groups in total. The maximum Gasteiger partial charge on any atom is 0.360 e. The number of rotatable bonds is 7. The Balaban J connectivity index is 1.33. The van der Waals surface area contributed by atoms with Gasteiger partial charge < -0.3 is 24.8 Å².